The number of amides is 2. The number of carbonyl (C=O) groups excluding carboxylic acids is 1. The number of hydrogen-bond acceptors (Lipinski definition) is 3. The van der Waals surface area contributed by atoms with Crippen molar-refractivity contribution in [2.45, 2.75) is 26.8 Å². The van der Waals surface area contributed by atoms with Crippen molar-refractivity contribution in [3.63, 3.8) is 0 Å². The molecule has 112 valence electrons. The number of nitriles is 1. The van der Waals surface area contributed by atoms with E-state index in [0.717, 1.165) is 12.1 Å². The Morgan fingerprint density at radius 2 is 2.00 bits per heavy atom. The van der Waals surface area contributed by atoms with Crippen molar-refractivity contribution in [3.05, 3.63) is 29.6 Å². The standard InChI is InChI=1S/C14H16FN3O3/c1-14(2,3)11(12(19)20)18-13(21)17-10-5-4-9(15)6-8(10)7-16/h4-6,11H,1-3H3,(H,19,20)(H2,17,18,21). The van der Waals surface area contributed by atoms with Crippen LogP contribution in [0, 0.1) is 22.6 Å². The van der Waals surface area contributed by atoms with Crippen LogP contribution in [-0.4, -0.2) is 23.1 Å². The quantitative estimate of drug-likeness (QED) is 0.795. The Morgan fingerprint density at radius 3 is 2.48 bits per heavy atom. The molecule has 1 rings (SSSR count). The maximum absolute atomic E-state index is 13.0. The van der Waals surface area contributed by atoms with Crippen molar-refractivity contribution in [1.29, 1.82) is 5.26 Å². The molecule has 0 fully saturated rings. The van der Waals surface area contributed by atoms with Gasteiger partial charge in [-0.15, -0.1) is 0 Å². The van der Waals surface area contributed by atoms with Gasteiger partial charge < -0.3 is 15.7 Å². The summed E-state index contributed by atoms with van der Waals surface area (Å²) in [6.45, 7) is 5.01. The number of carboxylic acid groups (broad SMARTS) is 1. The summed E-state index contributed by atoms with van der Waals surface area (Å²) in [7, 11) is 0. The van der Waals surface area contributed by atoms with Crippen molar-refractivity contribution >= 4 is 17.7 Å². The van der Waals surface area contributed by atoms with E-state index in [9.17, 15) is 14.0 Å². The monoisotopic (exact) mass is 293 g/mol. The fourth-order valence-electron chi connectivity index (χ4n) is 1.66. The summed E-state index contributed by atoms with van der Waals surface area (Å²) >= 11 is 0. The molecule has 0 saturated heterocycles. The first-order valence-corrected chi connectivity index (χ1v) is 6.15. The van der Waals surface area contributed by atoms with Crippen LogP contribution < -0.4 is 10.6 Å². The smallest absolute Gasteiger partial charge is 0.326 e. The van der Waals surface area contributed by atoms with Crippen LogP contribution in [0.2, 0.25) is 0 Å². The zero-order valence-corrected chi connectivity index (χ0v) is 11.9. The minimum absolute atomic E-state index is 0.0483. The highest BCUT2D eigenvalue weighted by atomic mass is 19.1. The molecule has 0 aliphatic heterocycles. The Bertz CT molecular complexity index is 602. The highest BCUT2D eigenvalue weighted by molar-refractivity contribution is 5.93. The van der Waals surface area contributed by atoms with E-state index in [0.29, 0.717) is 0 Å². The van der Waals surface area contributed by atoms with E-state index in [4.69, 9.17) is 10.4 Å². The van der Waals surface area contributed by atoms with Crippen LogP contribution >= 0.6 is 0 Å². The van der Waals surface area contributed by atoms with E-state index >= 15 is 0 Å². The van der Waals surface area contributed by atoms with E-state index in [-0.39, 0.29) is 11.3 Å². The Hall–Kier alpha value is -2.62. The van der Waals surface area contributed by atoms with Gasteiger partial charge in [-0.25, -0.2) is 14.0 Å². The number of carbonyl (C=O) groups is 2. The molecule has 21 heavy (non-hydrogen) atoms. The number of carboxylic acids is 1. The predicted octanol–water partition coefficient (Wildman–Crippen LogP) is 2.32. The van der Waals surface area contributed by atoms with Gasteiger partial charge in [-0.05, 0) is 23.6 Å². The molecule has 1 aromatic carbocycles. The fourth-order valence-corrected chi connectivity index (χ4v) is 1.66. The number of benzene rings is 1. The van der Waals surface area contributed by atoms with Crippen LogP contribution in [0.3, 0.4) is 0 Å². The summed E-state index contributed by atoms with van der Waals surface area (Å²) in [5.74, 6) is -1.77. The Morgan fingerprint density at radius 1 is 1.38 bits per heavy atom. The van der Waals surface area contributed by atoms with Gasteiger partial charge >= 0.3 is 12.0 Å². The lowest BCUT2D eigenvalue weighted by Gasteiger charge is -2.27. The first-order valence-electron chi connectivity index (χ1n) is 6.15. The third kappa shape index (κ3) is 4.45. The number of rotatable bonds is 3. The minimum atomic E-state index is -1.17. The second kappa shape index (κ2) is 6.22. The molecule has 0 heterocycles. The van der Waals surface area contributed by atoms with Crippen LogP contribution in [0.25, 0.3) is 0 Å². The van der Waals surface area contributed by atoms with Gasteiger partial charge in [0, 0.05) is 0 Å². The highest BCUT2D eigenvalue weighted by Crippen LogP contribution is 2.20. The molecular formula is C14H16FN3O3. The topological polar surface area (TPSA) is 102 Å². The van der Waals surface area contributed by atoms with Crippen molar-refractivity contribution in [1.82, 2.24) is 5.32 Å². The fraction of sp³-hybridized carbons (Fsp3) is 0.357. The van der Waals surface area contributed by atoms with Gasteiger partial charge in [0.1, 0.15) is 17.9 Å². The molecule has 0 radical (unpaired) electrons. The highest BCUT2D eigenvalue weighted by Gasteiger charge is 2.32. The van der Waals surface area contributed by atoms with Gasteiger partial charge in [0.15, 0.2) is 0 Å². The van der Waals surface area contributed by atoms with E-state index in [2.05, 4.69) is 10.6 Å². The van der Waals surface area contributed by atoms with Crippen molar-refractivity contribution in [3.8, 4) is 6.07 Å². The predicted molar refractivity (Wildman–Crippen MR) is 74.1 cm³/mol. The zero-order valence-electron chi connectivity index (χ0n) is 11.9. The van der Waals surface area contributed by atoms with Crippen molar-refractivity contribution < 1.29 is 19.1 Å². The maximum atomic E-state index is 13.0. The molecule has 1 atom stereocenters. The number of aliphatic carboxylic acids is 1. The van der Waals surface area contributed by atoms with Gasteiger partial charge in [-0.1, -0.05) is 20.8 Å². The number of nitrogens with one attached hydrogen (secondary N) is 2. The third-order valence-electron chi connectivity index (χ3n) is 2.74. The second-order valence-electron chi connectivity index (χ2n) is 5.54. The first-order chi connectivity index (χ1) is 9.65. The maximum Gasteiger partial charge on any atom is 0.326 e. The molecule has 0 aliphatic carbocycles. The van der Waals surface area contributed by atoms with Crippen molar-refractivity contribution in [2.75, 3.05) is 5.32 Å². The van der Waals surface area contributed by atoms with E-state index in [1.807, 2.05) is 0 Å². The molecule has 0 aliphatic rings. The molecule has 2 amide bonds. The van der Waals surface area contributed by atoms with E-state index in [1.165, 1.54) is 6.07 Å². The Balaban J connectivity index is 2.87. The molecule has 0 aromatic heterocycles. The molecule has 0 bridgehead atoms. The number of anilines is 1. The molecule has 7 heteroatoms. The number of halogens is 1. The average Bonchev–Trinajstić information content (AvgIpc) is 2.36. The van der Waals surface area contributed by atoms with Crippen LogP contribution in [0.4, 0.5) is 14.9 Å². The van der Waals surface area contributed by atoms with Crippen LogP contribution in [0.15, 0.2) is 18.2 Å². The summed E-state index contributed by atoms with van der Waals surface area (Å²) in [6.07, 6.45) is 0. The molecule has 1 aromatic rings. The molecule has 6 nitrogen and oxygen atoms in total. The lowest BCUT2D eigenvalue weighted by Crippen LogP contribution is -2.50. The second-order valence-corrected chi connectivity index (χ2v) is 5.54. The summed E-state index contributed by atoms with van der Waals surface area (Å²) in [4.78, 5) is 23.0. The first kappa shape index (κ1) is 16.4. The molecular weight excluding hydrogens is 277 g/mol. The number of nitrogens with zero attached hydrogens (tertiary/aromatic N) is 1. The summed E-state index contributed by atoms with van der Waals surface area (Å²) in [5, 5.41) is 22.7. The van der Waals surface area contributed by atoms with Crippen molar-refractivity contribution in [2.24, 2.45) is 5.41 Å². The molecule has 0 spiro atoms. The van der Waals surface area contributed by atoms with Crippen LogP contribution in [0.5, 0.6) is 0 Å². The van der Waals surface area contributed by atoms with Gasteiger partial charge in [0.25, 0.3) is 0 Å². The molecule has 1 unspecified atom stereocenters. The number of hydrogen-bond donors (Lipinski definition) is 3. The van der Waals surface area contributed by atoms with Gasteiger partial charge in [0.2, 0.25) is 0 Å². The lowest BCUT2D eigenvalue weighted by molar-refractivity contribution is -0.141. The lowest BCUT2D eigenvalue weighted by atomic mass is 9.87. The third-order valence-corrected chi connectivity index (χ3v) is 2.74. The van der Waals surface area contributed by atoms with E-state index < -0.39 is 29.3 Å². The normalized spacial score (nSPS) is 12.1. The average molecular weight is 293 g/mol. The minimum Gasteiger partial charge on any atom is -0.480 e. The summed E-state index contributed by atoms with van der Waals surface area (Å²) < 4.78 is 13.0. The zero-order chi connectivity index (χ0) is 16.2. The number of urea groups is 1. The summed E-state index contributed by atoms with van der Waals surface area (Å²) in [5.41, 5.74) is -0.633. The van der Waals surface area contributed by atoms with Crippen LogP contribution in [0.1, 0.15) is 26.3 Å². The Kier molecular flexibility index (Phi) is 4.87. The largest absolute Gasteiger partial charge is 0.480 e. The Labute approximate surface area is 121 Å². The SMILES string of the molecule is CC(C)(C)C(NC(=O)Nc1ccc(F)cc1C#N)C(=O)O. The van der Waals surface area contributed by atoms with Crippen LogP contribution in [-0.2, 0) is 4.79 Å². The molecule has 3 N–H and O–H groups in total. The van der Waals surface area contributed by atoms with E-state index in [1.54, 1.807) is 26.8 Å². The molecule has 0 saturated carbocycles. The summed E-state index contributed by atoms with van der Waals surface area (Å²) in [6, 6.07) is 3.17. The van der Waals surface area contributed by atoms with Gasteiger partial charge in [0.05, 0.1) is 11.3 Å². The van der Waals surface area contributed by atoms with Gasteiger partial charge in [-0.2, -0.15) is 5.26 Å². The van der Waals surface area contributed by atoms with Gasteiger partial charge in [-0.3, -0.25) is 0 Å².